The second-order valence-electron chi connectivity index (χ2n) is 4.91. The molecule has 0 spiro atoms. The van der Waals surface area contributed by atoms with Gasteiger partial charge in [-0.1, -0.05) is 36.8 Å². The lowest BCUT2D eigenvalue weighted by molar-refractivity contribution is 0.631. The van der Waals surface area contributed by atoms with Crippen molar-refractivity contribution in [2.24, 2.45) is 0 Å². The summed E-state index contributed by atoms with van der Waals surface area (Å²) < 4.78 is 13.9. The Balaban J connectivity index is 2.37. The molecule has 19 heavy (non-hydrogen) atoms. The van der Waals surface area contributed by atoms with Crippen LogP contribution in [0.1, 0.15) is 23.6 Å². The van der Waals surface area contributed by atoms with Crippen molar-refractivity contribution in [1.29, 1.82) is 0 Å². The minimum atomic E-state index is -0.159. The quantitative estimate of drug-likeness (QED) is 0.864. The van der Waals surface area contributed by atoms with Gasteiger partial charge in [0.05, 0.1) is 0 Å². The molecule has 0 heterocycles. The third kappa shape index (κ3) is 3.21. The Labute approximate surface area is 114 Å². The number of hydrogen-bond donors (Lipinski definition) is 1. The smallest absolute Gasteiger partial charge is 0.131 e. The third-order valence-corrected chi connectivity index (χ3v) is 3.28. The molecule has 1 N–H and O–H groups in total. The maximum absolute atomic E-state index is 13.9. The van der Waals surface area contributed by atoms with Crippen molar-refractivity contribution >= 4 is 0 Å². The SMILES string of the molecule is CCNCc1ccc(-c2cc(C)ccc2F)c(C)c1. The molecule has 0 atom stereocenters. The van der Waals surface area contributed by atoms with Crippen LogP contribution in [0.5, 0.6) is 0 Å². The number of nitrogens with one attached hydrogen (secondary N) is 1. The van der Waals surface area contributed by atoms with Crippen molar-refractivity contribution in [3.05, 3.63) is 58.9 Å². The zero-order valence-corrected chi connectivity index (χ0v) is 11.8. The van der Waals surface area contributed by atoms with Crippen molar-refractivity contribution < 1.29 is 4.39 Å². The highest BCUT2D eigenvalue weighted by Gasteiger charge is 2.08. The summed E-state index contributed by atoms with van der Waals surface area (Å²) in [6.45, 7) is 7.91. The molecule has 2 aromatic rings. The van der Waals surface area contributed by atoms with Gasteiger partial charge in [0.25, 0.3) is 0 Å². The molecule has 0 bridgehead atoms. The van der Waals surface area contributed by atoms with Crippen LogP contribution in [0.15, 0.2) is 36.4 Å². The highest BCUT2D eigenvalue weighted by atomic mass is 19.1. The first-order valence-corrected chi connectivity index (χ1v) is 6.68. The molecule has 2 rings (SSSR count). The van der Waals surface area contributed by atoms with Gasteiger partial charge in [0, 0.05) is 12.1 Å². The molecular formula is C17H20FN. The minimum absolute atomic E-state index is 0.159. The van der Waals surface area contributed by atoms with Crippen molar-refractivity contribution in [3.63, 3.8) is 0 Å². The Morgan fingerprint density at radius 1 is 1.00 bits per heavy atom. The molecule has 0 amide bonds. The van der Waals surface area contributed by atoms with E-state index in [9.17, 15) is 4.39 Å². The number of aryl methyl sites for hydroxylation is 2. The predicted octanol–water partition coefficient (Wildman–Crippen LogP) is 4.22. The van der Waals surface area contributed by atoms with Crippen LogP contribution in [0.3, 0.4) is 0 Å². The molecule has 0 aliphatic heterocycles. The average Bonchev–Trinajstić information content (AvgIpc) is 2.40. The molecule has 0 radical (unpaired) electrons. The first kappa shape index (κ1) is 13.8. The van der Waals surface area contributed by atoms with E-state index in [-0.39, 0.29) is 5.82 Å². The fourth-order valence-electron chi connectivity index (χ4n) is 2.25. The van der Waals surface area contributed by atoms with Crippen molar-refractivity contribution in [2.75, 3.05) is 6.54 Å². The standard InChI is InChI=1S/C17H20FN/c1-4-19-11-14-6-7-15(13(3)10-14)16-9-12(2)5-8-17(16)18/h5-10,19H,4,11H2,1-3H3. The number of rotatable bonds is 4. The monoisotopic (exact) mass is 257 g/mol. The van der Waals surface area contributed by atoms with Crippen molar-refractivity contribution in [2.45, 2.75) is 27.3 Å². The number of benzene rings is 2. The maximum atomic E-state index is 13.9. The Bertz CT molecular complexity index is 575. The Morgan fingerprint density at radius 2 is 1.79 bits per heavy atom. The highest BCUT2D eigenvalue weighted by molar-refractivity contribution is 5.68. The predicted molar refractivity (Wildman–Crippen MR) is 78.7 cm³/mol. The maximum Gasteiger partial charge on any atom is 0.131 e. The molecule has 0 aliphatic carbocycles. The van der Waals surface area contributed by atoms with E-state index in [4.69, 9.17) is 0 Å². The lowest BCUT2D eigenvalue weighted by atomic mass is 9.97. The highest BCUT2D eigenvalue weighted by Crippen LogP contribution is 2.27. The van der Waals surface area contributed by atoms with E-state index in [0.717, 1.165) is 29.8 Å². The van der Waals surface area contributed by atoms with Crippen LogP contribution in [0, 0.1) is 19.7 Å². The molecule has 0 aliphatic rings. The second-order valence-corrected chi connectivity index (χ2v) is 4.91. The molecule has 0 fully saturated rings. The number of hydrogen-bond acceptors (Lipinski definition) is 1. The normalized spacial score (nSPS) is 10.7. The molecule has 0 aromatic heterocycles. The second kappa shape index (κ2) is 5.98. The van der Waals surface area contributed by atoms with Gasteiger partial charge >= 0.3 is 0 Å². The lowest BCUT2D eigenvalue weighted by Gasteiger charge is -2.11. The lowest BCUT2D eigenvalue weighted by Crippen LogP contribution is -2.11. The fourth-order valence-corrected chi connectivity index (χ4v) is 2.25. The van der Waals surface area contributed by atoms with Crippen LogP contribution in [0.2, 0.25) is 0 Å². The zero-order valence-electron chi connectivity index (χ0n) is 11.8. The van der Waals surface area contributed by atoms with Gasteiger partial charge in [-0.2, -0.15) is 0 Å². The zero-order chi connectivity index (χ0) is 13.8. The summed E-state index contributed by atoms with van der Waals surface area (Å²) in [6, 6.07) is 11.4. The Morgan fingerprint density at radius 3 is 2.47 bits per heavy atom. The molecule has 100 valence electrons. The van der Waals surface area contributed by atoms with Gasteiger partial charge < -0.3 is 5.32 Å². The van der Waals surface area contributed by atoms with Gasteiger partial charge in [-0.15, -0.1) is 0 Å². The molecule has 0 saturated carbocycles. The van der Waals surface area contributed by atoms with Crippen LogP contribution >= 0.6 is 0 Å². The summed E-state index contributed by atoms with van der Waals surface area (Å²) in [5.41, 5.74) is 5.08. The summed E-state index contributed by atoms with van der Waals surface area (Å²) in [4.78, 5) is 0. The van der Waals surface area contributed by atoms with E-state index >= 15 is 0 Å². The molecular weight excluding hydrogens is 237 g/mol. The Kier molecular flexibility index (Phi) is 4.33. The van der Waals surface area contributed by atoms with Gasteiger partial charge in [0.15, 0.2) is 0 Å². The molecule has 2 heteroatoms. The van der Waals surface area contributed by atoms with E-state index in [0.29, 0.717) is 5.56 Å². The summed E-state index contributed by atoms with van der Waals surface area (Å²) >= 11 is 0. The van der Waals surface area contributed by atoms with Crippen molar-refractivity contribution in [1.82, 2.24) is 5.32 Å². The largest absolute Gasteiger partial charge is 0.313 e. The Hall–Kier alpha value is -1.67. The first-order chi connectivity index (χ1) is 9.11. The molecule has 0 saturated heterocycles. The van der Waals surface area contributed by atoms with E-state index in [1.165, 1.54) is 11.6 Å². The summed E-state index contributed by atoms with van der Waals surface area (Å²) in [6.07, 6.45) is 0. The van der Waals surface area contributed by atoms with Crippen LogP contribution in [-0.4, -0.2) is 6.54 Å². The van der Waals surface area contributed by atoms with E-state index in [2.05, 4.69) is 24.4 Å². The van der Waals surface area contributed by atoms with Gasteiger partial charge in [0.1, 0.15) is 5.82 Å². The van der Waals surface area contributed by atoms with Gasteiger partial charge in [-0.05, 0) is 49.2 Å². The van der Waals surface area contributed by atoms with E-state index in [1.54, 1.807) is 6.07 Å². The van der Waals surface area contributed by atoms with E-state index < -0.39 is 0 Å². The van der Waals surface area contributed by atoms with Crippen molar-refractivity contribution in [3.8, 4) is 11.1 Å². The molecule has 1 nitrogen and oxygen atoms in total. The molecule has 0 unspecified atom stereocenters. The first-order valence-electron chi connectivity index (χ1n) is 6.68. The summed E-state index contributed by atoms with van der Waals surface area (Å²) in [5.74, 6) is -0.159. The van der Waals surface area contributed by atoms with E-state index in [1.807, 2.05) is 26.0 Å². The van der Waals surface area contributed by atoms with Crippen LogP contribution < -0.4 is 5.32 Å². The van der Waals surface area contributed by atoms with Crippen LogP contribution in [0.25, 0.3) is 11.1 Å². The van der Waals surface area contributed by atoms with Crippen LogP contribution in [0.4, 0.5) is 4.39 Å². The van der Waals surface area contributed by atoms with Gasteiger partial charge in [-0.25, -0.2) is 4.39 Å². The third-order valence-electron chi connectivity index (χ3n) is 3.28. The minimum Gasteiger partial charge on any atom is -0.313 e. The summed E-state index contributed by atoms with van der Waals surface area (Å²) in [5, 5.41) is 3.30. The average molecular weight is 257 g/mol. The summed E-state index contributed by atoms with van der Waals surface area (Å²) in [7, 11) is 0. The van der Waals surface area contributed by atoms with Gasteiger partial charge in [-0.3, -0.25) is 0 Å². The van der Waals surface area contributed by atoms with Gasteiger partial charge in [0.2, 0.25) is 0 Å². The van der Waals surface area contributed by atoms with Crippen LogP contribution in [-0.2, 0) is 6.54 Å². The topological polar surface area (TPSA) is 12.0 Å². The molecule has 2 aromatic carbocycles. The number of halogens is 1. The fraction of sp³-hybridized carbons (Fsp3) is 0.294.